The monoisotopic (exact) mass is 366 g/mol. The number of rotatable bonds is 4. The Morgan fingerprint density at radius 3 is 2.80 bits per heavy atom. The van der Waals surface area contributed by atoms with Gasteiger partial charge in [0.2, 0.25) is 5.91 Å². The van der Waals surface area contributed by atoms with Crippen molar-refractivity contribution in [1.29, 1.82) is 0 Å². The summed E-state index contributed by atoms with van der Waals surface area (Å²) in [5.74, 6) is 0.531. The van der Waals surface area contributed by atoms with Crippen molar-refractivity contribution in [3.8, 4) is 0 Å². The molecule has 0 aromatic heterocycles. The lowest BCUT2D eigenvalue weighted by molar-refractivity contribution is -0.126. The lowest BCUT2D eigenvalue weighted by Crippen LogP contribution is -2.51. The molecular formula is C18H27ClN4O2. The molecule has 2 aliphatic rings. The number of nitrogens with one attached hydrogen (secondary N) is 3. The van der Waals surface area contributed by atoms with E-state index >= 15 is 0 Å². The van der Waals surface area contributed by atoms with E-state index in [1.807, 2.05) is 31.2 Å². The summed E-state index contributed by atoms with van der Waals surface area (Å²) in [7, 11) is 0. The largest absolute Gasteiger partial charge is 0.355 e. The van der Waals surface area contributed by atoms with Gasteiger partial charge in [0.1, 0.15) is 0 Å². The van der Waals surface area contributed by atoms with E-state index < -0.39 is 0 Å². The molecule has 0 bridgehead atoms. The molecule has 1 aromatic rings. The Morgan fingerprint density at radius 2 is 2.12 bits per heavy atom. The predicted octanol–water partition coefficient (Wildman–Crippen LogP) is 2.00. The maximum absolute atomic E-state index is 12.4. The second-order valence-electron chi connectivity index (χ2n) is 6.85. The first-order chi connectivity index (χ1) is 11.6. The van der Waals surface area contributed by atoms with Gasteiger partial charge in [-0.3, -0.25) is 4.79 Å². The predicted molar refractivity (Wildman–Crippen MR) is 101 cm³/mol. The summed E-state index contributed by atoms with van der Waals surface area (Å²) < 4.78 is 0. The number of amides is 3. The minimum atomic E-state index is -0.124. The van der Waals surface area contributed by atoms with E-state index in [-0.39, 0.29) is 30.3 Å². The van der Waals surface area contributed by atoms with E-state index in [1.54, 1.807) is 4.90 Å². The molecule has 7 heteroatoms. The van der Waals surface area contributed by atoms with Crippen LogP contribution >= 0.6 is 12.4 Å². The Hall–Kier alpha value is -1.79. The van der Waals surface area contributed by atoms with Gasteiger partial charge in [0.05, 0.1) is 5.92 Å². The third-order valence-corrected chi connectivity index (χ3v) is 4.78. The second kappa shape index (κ2) is 9.06. The number of aryl methyl sites for hydroxylation is 1. The van der Waals surface area contributed by atoms with E-state index in [9.17, 15) is 9.59 Å². The molecule has 0 radical (unpaired) electrons. The number of anilines is 1. The van der Waals surface area contributed by atoms with Crippen LogP contribution in [-0.2, 0) is 4.79 Å². The molecule has 0 saturated carbocycles. The first-order valence-electron chi connectivity index (χ1n) is 8.73. The number of piperidine rings is 1. The zero-order valence-corrected chi connectivity index (χ0v) is 15.4. The van der Waals surface area contributed by atoms with Crippen LogP contribution in [0, 0.1) is 18.8 Å². The molecule has 2 saturated heterocycles. The summed E-state index contributed by atoms with van der Waals surface area (Å²) in [5, 5.41) is 9.16. The van der Waals surface area contributed by atoms with Gasteiger partial charge >= 0.3 is 6.03 Å². The number of carbonyl (C=O) groups excluding carboxylic acids is 2. The summed E-state index contributed by atoms with van der Waals surface area (Å²) >= 11 is 0. The fourth-order valence-electron chi connectivity index (χ4n) is 3.18. The lowest BCUT2D eigenvalue weighted by atomic mass is 9.96. The Morgan fingerprint density at radius 1 is 1.32 bits per heavy atom. The quantitative estimate of drug-likeness (QED) is 0.763. The van der Waals surface area contributed by atoms with Crippen LogP contribution in [0.1, 0.15) is 18.4 Å². The maximum atomic E-state index is 12.4. The summed E-state index contributed by atoms with van der Waals surface area (Å²) in [6.45, 7) is 5.89. The van der Waals surface area contributed by atoms with E-state index in [0.717, 1.165) is 43.7 Å². The third kappa shape index (κ3) is 5.34. The number of urea groups is 1. The zero-order valence-electron chi connectivity index (χ0n) is 14.6. The van der Waals surface area contributed by atoms with E-state index in [0.29, 0.717) is 19.0 Å². The van der Waals surface area contributed by atoms with Crippen molar-refractivity contribution in [2.45, 2.75) is 19.8 Å². The van der Waals surface area contributed by atoms with Crippen LogP contribution in [0.4, 0.5) is 10.5 Å². The Labute approximate surface area is 155 Å². The van der Waals surface area contributed by atoms with Crippen molar-refractivity contribution in [1.82, 2.24) is 15.5 Å². The average Bonchev–Trinajstić information content (AvgIpc) is 2.53. The topological polar surface area (TPSA) is 73.5 Å². The van der Waals surface area contributed by atoms with Crippen molar-refractivity contribution in [2.24, 2.45) is 11.8 Å². The summed E-state index contributed by atoms with van der Waals surface area (Å²) in [4.78, 5) is 26.5. The van der Waals surface area contributed by atoms with Gasteiger partial charge in [-0.2, -0.15) is 0 Å². The van der Waals surface area contributed by atoms with Gasteiger partial charge < -0.3 is 20.9 Å². The summed E-state index contributed by atoms with van der Waals surface area (Å²) in [6.07, 6.45) is 1.72. The van der Waals surface area contributed by atoms with Gasteiger partial charge in [-0.05, 0) is 37.5 Å². The fraction of sp³-hybridized carbons (Fsp3) is 0.556. The van der Waals surface area contributed by atoms with Crippen LogP contribution in [0.5, 0.6) is 0 Å². The highest BCUT2D eigenvalue weighted by atomic mass is 35.5. The Bertz CT molecular complexity index is 606. The average molecular weight is 367 g/mol. The molecule has 2 fully saturated rings. The molecule has 2 heterocycles. The minimum absolute atomic E-state index is 0. The van der Waals surface area contributed by atoms with Crippen LogP contribution in [0.3, 0.4) is 0 Å². The van der Waals surface area contributed by atoms with E-state index in [4.69, 9.17) is 0 Å². The highest BCUT2D eigenvalue weighted by Crippen LogP contribution is 2.18. The molecule has 1 atom stereocenters. The lowest BCUT2D eigenvalue weighted by Gasteiger charge is -2.33. The van der Waals surface area contributed by atoms with Gasteiger partial charge in [-0.25, -0.2) is 4.79 Å². The molecule has 2 aliphatic heterocycles. The number of halogens is 1. The molecule has 3 N–H and O–H groups in total. The Kier molecular flexibility index (Phi) is 7.08. The van der Waals surface area contributed by atoms with Gasteiger partial charge in [-0.1, -0.05) is 12.1 Å². The number of likely N-dealkylation sites (tertiary alicyclic amines) is 1. The molecule has 0 aliphatic carbocycles. The molecular weight excluding hydrogens is 340 g/mol. The molecule has 138 valence electrons. The van der Waals surface area contributed by atoms with Gasteiger partial charge in [-0.15, -0.1) is 12.4 Å². The number of carbonyl (C=O) groups is 2. The summed E-state index contributed by atoms with van der Waals surface area (Å²) in [6, 6.07) is 7.62. The number of hydrogen-bond acceptors (Lipinski definition) is 3. The second-order valence-corrected chi connectivity index (χ2v) is 6.85. The van der Waals surface area contributed by atoms with Crippen molar-refractivity contribution in [3.05, 3.63) is 29.8 Å². The van der Waals surface area contributed by atoms with E-state index in [1.165, 1.54) is 0 Å². The smallest absolute Gasteiger partial charge is 0.321 e. The fourth-order valence-corrected chi connectivity index (χ4v) is 3.18. The molecule has 3 amide bonds. The van der Waals surface area contributed by atoms with Crippen molar-refractivity contribution in [3.63, 3.8) is 0 Å². The van der Waals surface area contributed by atoms with Crippen molar-refractivity contribution < 1.29 is 9.59 Å². The maximum Gasteiger partial charge on any atom is 0.321 e. The van der Waals surface area contributed by atoms with Crippen LogP contribution in [-0.4, -0.2) is 49.6 Å². The standard InChI is InChI=1S/C18H26N4O2.ClH/c1-13-4-2-6-16(8-13)21-18(24)22-7-3-5-15(12-22)17(23)20-11-14-9-19-10-14;/h2,4,6,8,14-15,19H,3,5,7,9-12H2,1H3,(H,20,23)(H,21,24);1H. The van der Waals surface area contributed by atoms with Gasteiger partial charge in [0, 0.05) is 44.3 Å². The van der Waals surface area contributed by atoms with Crippen LogP contribution < -0.4 is 16.0 Å². The number of nitrogens with zero attached hydrogens (tertiary/aromatic N) is 1. The number of hydrogen-bond donors (Lipinski definition) is 3. The molecule has 1 aromatic carbocycles. The normalized spacial score (nSPS) is 20.2. The van der Waals surface area contributed by atoms with E-state index in [2.05, 4.69) is 16.0 Å². The summed E-state index contributed by atoms with van der Waals surface area (Å²) in [5.41, 5.74) is 1.90. The molecule has 1 unspecified atom stereocenters. The molecule has 0 spiro atoms. The van der Waals surface area contributed by atoms with Crippen molar-refractivity contribution >= 4 is 30.0 Å². The van der Waals surface area contributed by atoms with Gasteiger partial charge in [0.15, 0.2) is 0 Å². The van der Waals surface area contributed by atoms with Crippen LogP contribution in [0.15, 0.2) is 24.3 Å². The first kappa shape index (κ1) is 19.5. The highest BCUT2D eigenvalue weighted by molar-refractivity contribution is 5.90. The molecule has 25 heavy (non-hydrogen) atoms. The van der Waals surface area contributed by atoms with Crippen molar-refractivity contribution in [2.75, 3.05) is 38.0 Å². The van der Waals surface area contributed by atoms with Gasteiger partial charge in [0.25, 0.3) is 0 Å². The first-order valence-corrected chi connectivity index (χ1v) is 8.73. The number of benzene rings is 1. The Balaban J connectivity index is 0.00000225. The van der Waals surface area contributed by atoms with Crippen LogP contribution in [0.2, 0.25) is 0 Å². The molecule has 3 rings (SSSR count). The minimum Gasteiger partial charge on any atom is -0.355 e. The SMILES string of the molecule is Cc1cccc(NC(=O)N2CCCC(C(=O)NCC3CNC3)C2)c1.Cl. The molecule has 6 nitrogen and oxygen atoms in total. The zero-order chi connectivity index (χ0) is 16.9. The highest BCUT2D eigenvalue weighted by Gasteiger charge is 2.29. The third-order valence-electron chi connectivity index (χ3n) is 4.78. The van der Waals surface area contributed by atoms with Crippen LogP contribution in [0.25, 0.3) is 0 Å².